The summed E-state index contributed by atoms with van der Waals surface area (Å²) in [7, 11) is -2.14. The molecule has 2 aromatic rings. The number of halogens is 4. The van der Waals surface area contributed by atoms with Gasteiger partial charge in [0, 0.05) is 29.2 Å². The van der Waals surface area contributed by atoms with Crippen LogP contribution in [0.5, 0.6) is 0 Å². The molecule has 22 heavy (non-hydrogen) atoms. The van der Waals surface area contributed by atoms with Crippen molar-refractivity contribution in [1.82, 2.24) is 9.78 Å². The molecule has 1 aromatic carbocycles. The van der Waals surface area contributed by atoms with Gasteiger partial charge in [-0.25, -0.2) is 12.8 Å². The highest BCUT2D eigenvalue weighted by Crippen LogP contribution is 2.35. The highest BCUT2D eigenvalue weighted by Gasteiger charge is 2.25. The second-order valence-corrected chi connectivity index (χ2v) is 8.24. The van der Waals surface area contributed by atoms with E-state index in [0.29, 0.717) is 16.8 Å². The van der Waals surface area contributed by atoms with Crippen LogP contribution in [0.15, 0.2) is 17.2 Å². The molecule has 0 aliphatic heterocycles. The van der Waals surface area contributed by atoms with Crippen molar-refractivity contribution in [3.8, 4) is 11.3 Å². The molecule has 1 heterocycles. The molecule has 4 nitrogen and oxygen atoms in total. The fourth-order valence-corrected chi connectivity index (χ4v) is 4.42. The zero-order valence-corrected chi connectivity index (χ0v) is 15.6. The molecule has 0 N–H and O–H groups in total. The second kappa shape index (κ2) is 6.47. The first kappa shape index (κ1) is 17.7. The van der Waals surface area contributed by atoms with Crippen molar-refractivity contribution in [3.05, 3.63) is 33.6 Å². The molecule has 0 saturated heterocycles. The highest BCUT2D eigenvalue weighted by atomic mass is 79.9. The lowest BCUT2D eigenvalue weighted by molar-refractivity contribution is 0.583. The molecule has 0 bridgehead atoms. The van der Waals surface area contributed by atoms with Gasteiger partial charge in [-0.1, -0.05) is 39.1 Å². The van der Waals surface area contributed by atoms with Crippen LogP contribution in [0, 0.1) is 5.82 Å². The standard InChI is InChI=1S/C13H12BrCl2FN2O2S/c1-19-13(22(2,20)21)11(16)12(18-19)8-5-7(3-4-14)9(15)6-10(8)17/h5-6H,3-4H2,1-2H3. The maximum absolute atomic E-state index is 14.2. The monoisotopic (exact) mass is 428 g/mol. The molecule has 0 saturated carbocycles. The quantitative estimate of drug-likeness (QED) is 0.693. The van der Waals surface area contributed by atoms with Crippen molar-refractivity contribution < 1.29 is 12.8 Å². The summed E-state index contributed by atoms with van der Waals surface area (Å²) >= 11 is 15.4. The van der Waals surface area contributed by atoms with Crippen molar-refractivity contribution in [2.45, 2.75) is 11.4 Å². The molecular weight excluding hydrogens is 418 g/mol. The molecule has 1 aromatic heterocycles. The minimum atomic E-state index is -3.58. The summed E-state index contributed by atoms with van der Waals surface area (Å²) in [6.45, 7) is 0. The van der Waals surface area contributed by atoms with E-state index in [-0.39, 0.29) is 21.3 Å². The second-order valence-electron chi connectivity index (χ2n) is 4.73. The van der Waals surface area contributed by atoms with E-state index < -0.39 is 15.7 Å². The average Bonchev–Trinajstić information content (AvgIpc) is 2.67. The summed E-state index contributed by atoms with van der Waals surface area (Å²) < 4.78 is 38.9. The highest BCUT2D eigenvalue weighted by molar-refractivity contribution is 9.09. The largest absolute Gasteiger partial charge is 0.255 e. The smallest absolute Gasteiger partial charge is 0.193 e. The average molecular weight is 430 g/mol. The molecule has 120 valence electrons. The number of aryl methyl sites for hydroxylation is 2. The summed E-state index contributed by atoms with van der Waals surface area (Å²) in [4.78, 5) is 0. The summed E-state index contributed by atoms with van der Waals surface area (Å²) in [6, 6.07) is 2.72. The van der Waals surface area contributed by atoms with Crippen molar-refractivity contribution in [2.75, 3.05) is 11.6 Å². The van der Waals surface area contributed by atoms with Crippen LogP contribution < -0.4 is 0 Å². The first-order chi connectivity index (χ1) is 10.2. The van der Waals surface area contributed by atoms with E-state index in [2.05, 4.69) is 21.0 Å². The SMILES string of the molecule is Cn1nc(-c2cc(CCBr)c(Cl)cc2F)c(Cl)c1S(C)(=O)=O. The number of benzene rings is 1. The third-order valence-electron chi connectivity index (χ3n) is 3.05. The molecule has 0 unspecified atom stereocenters. The lowest BCUT2D eigenvalue weighted by Gasteiger charge is -2.07. The van der Waals surface area contributed by atoms with E-state index in [1.165, 1.54) is 13.1 Å². The van der Waals surface area contributed by atoms with Gasteiger partial charge < -0.3 is 0 Å². The van der Waals surface area contributed by atoms with Gasteiger partial charge in [0.2, 0.25) is 0 Å². The molecule has 2 rings (SSSR count). The first-order valence-electron chi connectivity index (χ1n) is 6.13. The van der Waals surface area contributed by atoms with Gasteiger partial charge >= 0.3 is 0 Å². The fourth-order valence-electron chi connectivity index (χ4n) is 2.13. The van der Waals surface area contributed by atoms with E-state index in [0.717, 1.165) is 16.5 Å². The Morgan fingerprint density at radius 3 is 2.50 bits per heavy atom. The number of hydrogen-bond acceptors (Lipinski definition) is 3. The van der Waals surface area contributed by atoms with Crippen LogP contribution in [0.4, 0.5) is 4.39 Å². The third-order valence-corrected chi connectivity index (χ3v) is 5.44. The number of sulfone groups is 1. The Morgan fingerprint density at radius 2 is 2.00 bits per heavy atom. The Kier molecular flexibility index (Phi) is 5.21. The van der Waals surface area contributed by atoms with Crippen LogP contribution in [0.3, 0.4) is 0 Å². The van der Waals surface area contributed by atoms with Gasteiger partial charge in [0.05, 0.1) is 0 Å². The summed E-state index contributed by atoms with van der Waals surface area (Å²) in [5.41, 5.74) is 0.919. The van der Waals surface area contributed by atoms with E-state index in [1.54, 1.807) is 6.07 Å². The normalized spacial score (nSPS) is 11.9. The third kappa shape index (κ3) is 3.32. The van der Waals surface area contributed by atoms with E-state index in [9.17, 15) is 12.8 Å². The van der Waals surface area contributed by atoms with Crippen LogP contribution >= 0.6 is 39.1 Å². The molecule has 0 aliphatic rings. The molecule has 9 heteroatoms. The number of alkyl halides is 1. The topological polar surface area (TPSA) is 52.0 Å². The molecule has 0 atom stereocenters. The van der Waals surface area contributed by atoms with Gasteiger partial charge in [0.15, 0.2) is 14.9 Å². The summed E-state index contributed by atoms with van der Waals surface area (Å²) in [5.74, 6) is -0.608. The van der Waals surface area contributed by atoms with Crippen LogP contribution in [0.2, 0.25) is 10.0 Å². The lowest BCUT2D eigenvalue weighted by atomic mass is 10.1. The molecule has 0 amide bonds. The van der Waals surface area contributed by atoms with Crippen molar-refractivity contribution in [1.29, 1.82) is 0 Å². The van der Waals surface area contributed by atoms with Crippen LogP contribution in [-0.4, -0.2) is 29.8 Å². The van der Waals surface area contributed by atoms with Gasteiger partial charge in [0.25, 0.3) is 0 Å². The van der Waals surface area contributed by atoms with Crippen LogP contribution in [0.25, 0.3) is 11.3 Å². The van der Waals surface area contributed by atoms with Gasteiger partial charge in [-0.05, 0) is 24.1 Å². The van der Waals surface area contributed by atoms with Gasteiger partial charge in [-0.3, -0.25) is 4.68 Å². The van der Waals surface area contributed by atoms with E-state index >= 15 is 0 Å². The molecule has 0 fully saturated rings. The number of hydrogen-bond donors (Lipinski definition) is 0. The van der Waals surface area contributed by atoms with Gasteiger partial charge in [-0.15, -0.1) is 0 Å². The number of nitrogens with zero attached hydrogens (tertiary/aromatic N) is 2. The molecule has 0 radical (unpaired) electrons. The maximum Gasteiger partial charge on any atom is 0.193 e. The fraction of sp³-hybridized carbons (Fsp3) is 0.308. The zero-order chi connectivity index (χ0) is 16.7. The van der Waals surface area contributed by atoms with E-state index in [1.807, 2.05) is 0 Å². The Morgan fingerprint density at radius 1 is 1.36 bits per heavy atom. The Balaban J connectivity index is 2.70. The van der Waals surface area contributed by atoms with Crippen molar-refractivity contribution in [2.24, 2.45) is 7.05 Å². The van der Waals surface area contributed by atoms with Gasteiger partial charge in [0.1, 0.15) is 16.5 Å². The summed E-state index contributed by atoms with van der Waals surface area (Å²) in [6.07, 6.45) is 1.61. The Labute approximate surface area is 146 Å². The van der Waals surface area contributed by atoms with Crippen molar-refractivity contribution >= 4 is 49.0 Å². The predicted octanol–water partition coefficient (Wildman–Crippen LogP) is 3.87. The Hall–Kier alpha value is -0.630. The summed E-state index contributed by atoms with van der Waals surface area (Å²) in [5, 5.41) is 4.75. The Bertz CT molecular complexity index is 837. The predicted molar refractivity (Wildman–Crippen MR) is 89.2 cm³/mol. The van der Waals surface area contributed by atoms with E-state index in [4.69, 9.17) is 23.2 Å². The minimum absolute atomic E-state index is 0.0783. The van der Waals surface area contributed by atoms with Crippen LogP contribution in [-0.2, 0) is 23.3 Å². The van der Waals surface area contributed by atoms with Crippen LogP contribution in [0.1, 0.15) is 5.56 Å². The lowest BCUT2D eigenvalue weighted by Crippen LogP contribution is -2.05. The number of rotatable bonds is 4. The molecular formula is C13H12BrCl2FN2O2S. The zero-order valence-electron chi connectivity index (χ0n) is 11.7. The van der Waals surface area contributed by atoms with Gasteiger partial charge in [-0.2, -0.15) is 5.10 Å². The first-order valence-corrected chi connectivity index (χ1v) is 9.90. The molecule has 0 spiro atoms. The number of aromatic nitrogens is 2. The maximum atomic E-state index is 14.2. The molecule has 0 aliphatic carbocycles. The van der Waals surface area contributed by atoms with Crippen molar-refractivity contribution in [3.63, 3.8) is 0 Å². The minimum Gasteiger partial charge on any atom is -0.255 e.